The number of hydrogen-bond acceptors (Lipinski definition) is 3. The number of nitrogens with two attached hydrogens (primary N) is 1. The summed E-state index contributed by atoms with van der Waals surface area (Å²) >= 11 is 0. The number of nitrogens with one attached hydrogen (secondary N) is 1. The summed E-state index contributed by atoms with van der Waals surface area (Å²) in [4.78, 5) is 15.2. The molecule has 0 spiro atoms. The van der Waals surface area contributed by atoms with Gasteiger partial charge in [0.1, 0.15) is 0 Å². The fourth-order valence-electron chi connectivity index (χ4n) is 1.47. The maximum absolute atomic E-state index is 11.0. The molecule has 0 bridgehead atoms. The van der Waals surface area contributed by atoms with E-state index in [1.165, 1.54) is 0 Å². The molecule has 5 nitrogen and oxygen atoms in total. The van der Waals surface area contributed by atoms with Crippen molar-refractivity contribution >= 4 is 5.91 Å². The Bertz CT molecular complexity index is 346. The maximum Gasteiger partial charge on any atom is 0.219 e. The average Bonchev–Trinajstić information content (AvgIpc) is 2.58. The van der Waals surface area contributed by atoms with Crippen molar-refractivity contribution in [2.45, 2.75) is 26.3 Å². The van der Waals surface area contributed by atoms with Gasteiger partial charge in [0.25, 0.3) is 0 Å². The highest BCUT2D eigenvalue weighted by Gasteiger charge is 2.16. The first-order valence-corrected chi connectivity index (χ1v) is 5.48. The van der Waals surface area contributed by atoms with Crippen LogP contribution in [0, 0.1) is 5.92 Å². The van der Waals surface area contributed by atoms with Gasteiger partial charge >= 0.3 is 0 Å². The SMILES string of the molecule is CC(C)CNC(CC(N)=O)c1cn(C)cn1. The molecule has 0 saturated heterocycles. The second-order valence-corrected chi connectivity index (χ2v) is 4.49. The van der Waals surface area contributed by atoms with Crippen LogP contribution in [0.25, 0.3) is 0 Å². The lowest BCUT2D eigenvalue weighted by atomic mass is 10.1. The van der Waals surface area contributed by atoms with Crippen molar-refractivity contribution in [3.8, 4) is 0 Å². The van der Waals surface area contributed by atoms with Crippen molar-refractivity contribution < 1.29 is 4.79 Å². The van der Waals surface area contributed by atoms with E-state index in [0.29, 0.717) is 5.92 Å². The molecule has 1 rings (SSSR count). The Morgan fingerprint density at radius 1 is 1.62 bits per heavy atom. The number of hydrogen-bond donors (Lipinski definition) is 2. The lowest BCUT2D eigenvalue weighted by Crippen LogP contribution is -2.29. The van der Waals surface area contributed by atoms with Crippen LogP contribution in [0.15, 0.2) is 12.5 Å². The zero-order chi connectivity index (χ0) is 12.1. The van der Waals surface area contributed by atoms with Crippen LogP contribution in [0.1, 0.15) is 32.0 Å². The molecule has 1 amide bonds. The molecule has 5 heteroatoms. The van der Waals surface area contributed by atoms with Crippen LogP contribution in [-0.4, -0.2) is 22.0 Å². The molecular weight excluding hydrogens is 204 g/mol. The van der Waals surface area contributed by atoms with E-state index in [-0.39, 0.29) is 18.4 Å². The first-order valence-electron chi connectivity index (χ1n) is 5.48. The maximum atomic E-state index is 11.0. The molecule has 1 aromatic heterocycles. The van der Waals surface area contributed by atoms with Crippen LogP contribution in [-0.2, 0) is 11.8 Å². The van der Waals surface area contributed by atoms with Gasteiger partial charge in [-0.1, -0.05) is 13.8 Å². The third kappa shape index (κ3) is 4.02. The van der Waals surface area contributed by atoms with Crippen LogP contribution in [0.4, 0.5) is 0 Å². The second-order valence-electron chi connectivity index (χ2n) is 4.49. The molecule has 1 unspecified atom stereocenters. The van der Waals surface area contributed by atoms with Gasteiger partial charge in [0.2, 0.25) is 5.91 Å². The molecule has 1 atom stereocenters. The molecule has 1 heterocycles. The molecular formula is C11H20N4O. The molecule has 0 radical (unpaired) electrons. The van der Waals surface area contributed by atoms with Crippen LogP contribution in [0.3, 0.4) is 0 Å². The Labute approximate surface area is 96.0 Å². The fourth-order valence-corrected chi connectivity index (χ4v) is 1.47. The van der Waals surface area contributed by atoms with Gasteiger partial charge in [0, 0.05) is 19.7 Å². The Balaban J connectivity index is 2.67. The van der Waals surface area contributed by atoms with Gasteiger partial charge in [0.15, 0.2) is 0 Å². The predicted octanol–water partition coefficient (Wildman–Crippen LogP) is 0.582. The topological polar surface area (TPSA) is 72.9 Å². The number of aryl methyl sites for hydroxylation is 1. The lowest BCUT2D eigenvalue weighted by molar-refractivity contribution is -0.118. The molecule has 0 aliphatic carbocycles. The van der Waals surface area contributed by atoms with E-state index in [9.17, 15) is 4.79 Å². The van der Waals surface area contributed by atoms with Gasteiger partial charge in [0.05, 0.1) is 18.1 Å². The minimum atomic E-state index is -0.313. The molecule has 90 valence electrons. The molecule has 16 heavy (non-hydrogen) atoms. The summed E-state index contributed by atoms with van der Waals surface area (Å²) in [5, 5.41) is 3.30. The predicted molar refractivity (Wildman–Crippen MR) is 62.6 cm³/mol. The van der Waals surface area contributed by atoms with E-state index in [2.05, 4.69) is 24.1 Å². The summed E-state index contributed by atoms with van der Waals surface area (Å²) in [5.41, 5.74) is 6.09. The van der Waals surface area contributed by atoms with Crippen molar-refractivity contribution in [3.05, 3.63) is 18.2 Å². The molecule has 1 aromatic rings. The molecule has 0 aliphatic heterocycles. The molecule has 3 N–H and O–H groups in total. The minimum Gasteiger partial charge on any atom is -0.370 e. The van der Waals surface area contributed by atoms with Crippen LogP contribution >= 0.6 is 0 Å². The van der Waals surface area contributed by atoms with Crippen molar-refractivity contribution in [2.24, 2.45) is 18.7 Å². The lowest BCUT2D eigenvalue weighted by Gasteiger charge is -2.16. The fraction of sp³-hybridized carbons (Fsp3) is 0.636. The van der Waals surface area contributed by atoms with Crippen molar-refractivity contribution in [2.75, 3.05) is 6.54 Å². The smallest absolute Gasteiger partial charge is 0.219 e. The van der Waals surface area contributed by atoms with Crippen LogP contribution in [0.2, 0.25) is 0 Å². The molecule has 0 fully saturated rings. The highest BCUT2D eigenvalue weighted by atomic mass is 16.1. The molecule has 0 saturated carbocycles. The van der Waals surface area contributed by atoms with Crippen LogP contribution < -0.4 is 11.1 Å². The number of imidazole rings is 1. The van der Waals surface area contributed by atoms with Gasteiger partial charge in [-0.2, -0.15) is 0 Å². The standard InChI is InChI=1S/C11H20N4O/c1-8(2)5-13-9(4-11(12)16)10-6-15(3)7-14-10/h6-9,13H,4-5H2,1-3H3,(H2,12,16). The number of rotatable bonds is 6. The Morgan fingerprint density at radius 3 is 2.75 bits per heavy atom. The Hall–Kier alpha value is -1.36. The zero-order valence-corrected chi connectivity index (χ0v) is 10.1. The van der Waals surface area contributed by atoms with Gasteiger partial charge in [-0.05, 0) is 12.5 Å². The van der Waals surface area contributed by atoms with Gasteiger partial charge < -0.3 is 15.6 Å². The van der Waals surface area contributed by atoms with E-state index >= 15 is 0 Å². The number of amides is 1. The number of carbonyl (C=O) groups excluding carboxylic acids is 1. The van der Waals surface area contributed by atoms with E-state index in [1.807, 2.05) is 17.8 Å². The summed E-state index contributed by atoms with van der Waals surface area (Å²) in [6, 6.07) is -0.0823. The van der Waals surface area contributed by atoms with Crippen molar-refractivity contribution in [3.63, 3.8) is 0 Å². The number of nitrogens with zero attached hydrogens (tertiary/aromatic N) is 2. The van der Waals surface area contributed by atoms with E-state index in [0.717, 1.165) is 12.2 Å². The van der Waals surface area contributed by atoms with E-state index in [1.54, 1.807) is 6.33 Å². The first kappa shape index (κ1) is 12.7. The monoisotopic (exact) mass is 224 g/mol. The highest BCUT2D eigenvalue weighted by Crippen LogP contribution is 2.14. The normalized spacial score (nSPS) is 13.0. The van der Waals surface area contributed by atoms with Crippen molar-refractivity contribution in [1.29, 1.82) is 0 Å². The first-order chi connectivity index (χ1) is 7.49. The second kappa shape index (κ2) is 5.65. The number of carbonyl (C=O) groups is 1. The number of aromatic nitrogens is 2. The Morgan fingerprint density at radius 2 is 2.31 bits per heavy atom. The minimum absolute atomic E-state index is 0.0823. The van der Waals surface area contributed by atoms with Crippen LogP contribution in [0.5, 0.6) is 0 Å². The summed E-state index contributed by atoms with van der Waals surface area (Å²) < 4.78 is 1.86. The molecule has 0 aromatic carbocycles. The average molecular weight is 224 g/mol. The molecule has 0 aliphatic rings. The summed E-state index contributed by atoms with van der Waals surface area (Å²) in [5.74, 6) is 0.214. The summed E-state index contributed by atoms with van der Waals surface area (Å²) in [6.07, 6.45) is 3.91. The quantitative estimate of drug-likeness (QED) is 0.742. The summed E-state index contributed by atoms with van der Waals surface area (Å²) in [6.45, 7) is 5.08. The largest absolute Gasteiger partial charge is 0.370 e. The van der Waals surface area contributed by atoms with Crippen molar-refractivity contribution in [1.82, 2.24) is 14.9 Å². The highest BCUT2D eigenvalue weighted by molar-refractivity contribution is 5.74. The third-order valence-electron chi connectivity index (χ3n) is 2.26. The van der Waals surface area contributed by atoms with Gasteiger partial charge in [-0.25, -0.2) is 4.98 Å². The van der Waals surface area contributed by atoms with Gasteiger partial charge in [-0.3, -0.25) is 4.79 Å². The summed E-state index contributed by atoms with van der Waals surface area (Å²) in [7, 11) is 1.90. The van der Waals surface area contributed by atoms with E-state index < -0.39 is 0 Å². The zero-order valence-electron chi connectivity index (χ0n) is 10.1. The number of primary amides is 1. The third-order valence-corrected chi connectivity index (χ3v) is 2.26. The Kier molecular flexibility index (Phi) is 4.49. The van der Waals surface area contributed by atoms with E-state index in [4.69, 9.17) is 5.73 Å². The van der Waals surface area contributed by atoms with Gasteiger partial charge in [-0.15, -0.1) is 0 Å².